The van der Waals surface area contributed by atoms with Crippen LogP contribution in [0.3, 0.4) is 0 Å². The molecule has 0 aliphatic rings. The number of nitrogen functional groups attached to an aromatic ring is 1. The first-order chi connectivity index (χ1) is 10.4. The molecule has 0 bridgehead atoms. The van der Waals surface area contributed by atoms with Gasteiger partial charge in [0.25, 0.3) is 0 Å². The van der Waals surface area contributed by atoms with Crippen molar-refractivity contribution in [1.82, 2.24) is 9.88 Å². The van der Waals surface area contributed by atoms with Gasteiger partial charge in [0, 0.05) is 0 Å². The number of hydrogen-bond donors (Lipinski definition) is 1. The first-order valence-electron chi connectivity index (χ1n) is 7.31. The Kier molecular flexibility index (Phi) is 5.58. The third kappa shape index (κ3) is 6.99. The van der Waals surface area contributed by atoms with Crippen molar-refractivity contribution >= 4 is 17.9 Å². The molecule has 1 rings (SSSR count). The van der Waals surface area contributed by atoms with Crippen LogP contribution in [0.15, 0.2) is 18.3 Å². The molecule has 1 aromatic heterocycles. The normalized spacial score (nSPS) is 11.7. The van der Waals surface area contributed by atoms with E-state index in [1.807, 2.05) is 0 Å². The molecule has 2 amide bonds. The van der Waals surface area contributed by atoms with Gasteiger partial charge >= 0.3 is 12.2 Å². The van der Waals surface area contributed by atoms with Crippen molar-refractivity contribution < 1.29 is 19.1 Å². The second kappa shape index (κ2) is 6.85. The van der Waals surface area contributed by atoms with E-state index in [0.717, 1.165) is 4.90 Å². The molecule has 0 fully saturated rings. The summed E-state index contributed by atoms with van der Waals surface area (Å²) in [7, 11) is 0. The van der Waals surface area contributed by atoms with Gasteiger partial charge in [0.05, 0.1) is 24.1 Å². The Morgan fingerprint density at radius 3 is 1.87 bits per heavy atom. The molecule has 7 nitrogen and oxygen atoms in total. The molecule has 1 aromatic rings. The third-order valence-corrected chi connectivity index (χ3v) is 2.40. The minimum Gasteiger partial charge on any atom is -0.443 e. The van der Waals surface area contributed by atoms with E-state index in [9.17, 15) is 9.59 Å². The van der Waals surface area contributed by atoms with Crippen LogP contribution in [0.5, 0.6) is 0 Å². The fourth-order valence-electron chi connectivity index (χ4n) is 1.53. The van der Waals surface area contributed by atoms with Crippen LogP contribution in [-0.4, -0.2) is 33.3 Å². The van der Waals surface area contributed by atoms with Crippen LogP contribution in [0, 0.1) is 0 Å². The Bertz CT molecular complexity index is 528. The second-order valence-corrected chi connectivity index (χ2v) is 7.13. The topological polar surface area (TPSA) is 94.8 Å². The van der Waals surface area contributed by atoms with Gasteiger partial charge in [0.1, 0.15) is 11.2 Å². The summed E-state index contributed by atoms with van der Waals surface area (Å²) < 4.78 is 10.5. The van der Waals surface area contributed by atoms with Gasteiger partial charge in [0.15, 0.2) is 0 Å². The van der Waals surface area contributed by atoms with Gasteiger partial charge in [0.2, 0.25) is 0 Å². The van der Waals surface area contributed by atoms with Crippen molar-refractivity contribution in [1.29, 1.82) is 0 Å². The summed E-state index contributed by atoms with van der Waals surface area (Å²) in [6.45, 7) is 10.3. The summed E-state index contributed by atoms with van der Waals surface area (Å²) in [6, 6.07) is 3.28. The summed E-state index contributed by atoms with van der Waals surface area (Å²) >= 11 is 0. The lowest BCUT2D eigenvalue weighted by Gasteiger charge is -2.28. The fraction of sp³-hybridized carbons (Fsp3) is 0.562. The quantitative estimate of drug-likeness (QED) is 0.897. The molecule has 0 radical (unpaired) electrons. The Morgan fingerprint density at radius 2 is 1.52 bits per heavy atom. The van der Waals surface area contributed by atoms with Crippen LogP contribution in [0.4, 0.5) is 15.3 Å². The number of ether oxygens (including phenoxy) is 2. The Hall–Kier alpha value is -2.31. The predicted octanol–water partition coefficient (Wildman–Crippen LogP) is 3.34. The van der Waals surface area contributed by atoms with E-state index >= 15 is 0 Å². The number of carbonyl (C=O) groups excluding carboxylic acids is 2. The lowest BCUT2D eigenvalue weighted by Crippen LogP contribution is -2.43. The van der Waals surface area contributed by atoms with E-state index in [1.165, 1.54) is 6.20 Å². The van der Waals surface area contributed by atoms with Gasteiger partial charge in [-0.3, -0.25) is 4.98 Å². The van der Waals surface area contributed by atoms with E-state index in [0.29, 0.717) is 11.4 Å². The third-order valence-electron chi connectivity index (χ3n) is 2.40. The van der Waals surface area contributed by atoms with E-state index in [1.54, 1.807) is 53.7 Å². The Morgan fingerprint density at radius 1 is 1.04 bits per heavy atom. The molecular formula is C16H25N3O4. The van der Waals surface area contributed by atoms with Crippen molar-refractivity contribution in [2.45, 2.75) is 59.3 Å². The molecule has 0 atom stereocenters. The summed E-state index contributed by atoms with van der Waals surface area (Å²) in [6.07, 6.45) is -0.117. The van der Waals surface area contributed by atoms with Gasteiger partial charge in [-0.1, -0.05) is 0 Å². The first-order valence-corrected chi connectivity index (χ1v) is 7.31. The zero-order valence-corrected chi connectivity index (χ0v) is 14.5. The Labute approximate surface area is 136 Å². The average Bonchev–Trinajstić information content (AvgIpc) is 2.33. The standard InChI is InChI=1S/C16H25N3O4/c1-15(2,3)22-13(20)19(14(21)23-16(4,5)6)10-12-8-7-11(17)9-18-12/h7-9H,10,17H2,1-6H3. The van der Waals surface area contributed by atoms with E-state index in [4.69, 9.17) is 15.2 Å². The van der Waals surface area contributed by atoms with Crippen molar-refractivity contribution in [3.63, 3.8) is 0 Å². The smallest absolute Gasteiger partial charge is 0.420 e. The summed E-state index contributed by atoms with van der Waals surface area (Å²) in [5.41, 5.74) is 5.12. The summed E-state index contributed by atoms with van der Waals surface area (Å²) in [5, 5.41) is 0. The lowest BCUT2D eigenvalue weighted by atomic mass is 10.2. The zero-order chi connectivity index (χ0) is 17.8. The summed E-state index contributed by atoms with van der Waals surface area (Å²) in [5.74, 6) is 0. The predicted molar refractivity (Wildman–Crippen MR) is 86.7 cm³/mol. The molecule has 0 unspecified atom stereocenters. The number of nitrogens with two attached hydrogens (primary N) is 1. The maximum Gasteiger partial charge on any atom is 0.420 e. The van der Waals surface area contributed by atoms with Gasteiger partial charge in [-0.15, -0.1) is 0 Å². The van der Waals surface area contributed by atoms with Crippen LogP contribution in [-0.2, 0) is 16.0 Å². The van der Waals surface area contributed by atoms with Gasteiger partial charge in [-0.25, -0.2) is 14.5 Å². The number of pyridine rings is 1. The Balaban J connectivity index is 2.98. The SMILES string of the molecule is CC(C)(C)OC(=O)N(Cc1ccc(N)cn1)C(=O)OC(C)(C)C. The van der Waals surface area contributed by atoms with E-state index < -0.39 is 23.4 Å². The molecule has 0 aromatic carbocycles. The number of hydrogen-bond acceptors (Lipinski definition) is 6. The van der Waals surface area contributed by atoms with Crippen LogP contribution in [0.25, 0.3) is 0 Å². The van der Waals surface area contributed by atoms with E-state index in [2.05, 4.69) is 4.98 Å². The van der Waals surface area contributed by atoms with Crippen molar-refractivity contribution in [3.8, 4) is 0 Å². The molecule has 0 aliphatic heterocycles. The highest BCUT2D eigenvalue weighted by Crippen LogP contribution is 2.16. The van der Waals surface area contributed by atoms with Crippen LogP contribution in [0.1, 0.15) is 47.2 Å². The molecule has 23 heavy (non-hydrogen) atoms. The summed E-state index contributed by atoms with van der Waals surface area (Å²) in [4.78, 5) is 29.6. The molecule has 0 saturated heterocycles. The minimum atomic E-state index is -0.787. The largest absolute Gasteiger partial charge is 0.443 e. The number of aromatic nitrogens is 1. The monoisotopic (exact) mass is 323 g/mol. The van der Waals surface area contributed by atoms with Gasteiger partial charge in [-0.05, 0) is 53.7 Å². The number of carbonyl (C=O) groups is 2. The highest BCUT2D eigenvalue weighted by atomic mass is 16.6. The number of nitrogens with zero attached hydrogens (tertiary/aromatic N) is 2. The number of anilines is 1. The average molecular weight is 323 g/mol. The highest BCUT2D eigenvalue weighted by Gasteiger charge is 2.31. The maximum absolute atomic E-state index is 12.3. The molecule has 1 heterocycles. The molecule has 2 N–H and O–H groups in total. The fourth-order valence-corrected chi connectivity index (χ4v) is 1.53. The van der Waals surface area contributed by atoms with E-state index in [-0.39, 0.29) is 6.54 Å². The second-order valence-electron chi connectivity index (χ2n) is 7.13. The number of imide groups is 1. The van der Waals surface area contributed by atoms with Gasteiger partial charge in [-0.2, -0.15) is 0 Å². The highest BCUT2D eigenvalue weighted by molar-refractivity contribution is 5.88. The molecule has 7 heteroatoms. The maximum atomic E-state index is 12.3. The molecule has 0 aliphatic carbocycles. The van der Waals surface area contributed by atoms with Crippen molar-refractivity contribution in [2.75, 3.05) is 5.73 Å². The van der Waals surface area contributed by atoms with Crippen LogP contribution < -0.4 is 5.73 Å². The van der Waals surface area contributed by atoms with Crippen LogP contribution >= 0.6 is 0 Å². The minimum absolute atomic E-state index is 0.0654. The first kappa shape index (κ1) is 18.7. The molecular weight excluding hydrogens is 298 g/mol. The number of rotatable bonds is 2. The van der Waals surface area contributed by atoms with Gasteiger partial charge < -0.3 is 15.2 Å². The van der Waals surface area contributed by atoms with Crippen molar-refractivity contribution in [2.24, 2.45) is 0 Å². The van der Waals surface area contributed by atoms with Crippen LogP contribution in [0.2, 0.25) is 0 Å². The zero-order valence-electron chi connectivity index (χ0n) is 14.5. The molecule has 0 saturated carbocycles. The molecule has 0 spiro atoms. The van der Waals surface area contributed by atoms with Crippen molar-refractivity contribution in [3.05, 3.63) is 24.0 Å². The lowest BCUT2D eigenvalue weighted by molar-refractivity contribution is -0.000471. The molecule has 128 valence electrons. The number of amides is 2.